The second-order valence-corrected chi connectivity index (χ2v) is 6.35. The first-order valence-electron chi connectivity index (χ1n) is 7.16. The molecule has 0 radical (unpaired) electrons. The Kier molecular flexibility index (Phi) is 6.10. The first-order valence-corrected chi connectivity index (χ1v) is 8.72. The number of rotatable bonds is 6. The highest BCUT2D eigenvalue weighted by atomic mass is 32.2. The van der Waals surface area contributed by atoms with Crippen molar-refractivity contribution in [2.45, 2.75) is 17.8 Å². The Morgan fingerprint density at radius 1 is 1.46 bits per heavy atom. The van der Waals surface area contributed by atoms with Gasteiger partial charge in [-0.2, -0.15) is 13.2 Å². The zero-order chi connectivity index (χ0) is 17.7. The number of carbonyl (C=O) groups excluding carboxylic acids is 1. The lowest BCUT2D eigenvalue weighted by Gasteiger charge is -2.26. The summed E-state index contributed by atoms with van der Waals surface area (Å²) in [6.07, 6.45) is -2.26. The van der Waals surface area contributed by atoms with Crippen molar-refractivity contribution < 1.29 is 26.9 Å². The molecule has 0 spiro atoms. The number of alkyl halides is 3. The van der Waals surface area contributed by atoms with Crippen LogP contribution < -0.4 is 5.32 Å². The van der Waals surface area contributed by atoms with Gasteiger partial charge in [-0.05, 0) is 6.42 Å². The van der Waals surface area contributed by atoms with E-state index in [0.29, 0.717) is 32.3 Å². The number of hydrogen-bond donors (Lipinski definition) is 1. The summed E-state index contributed by atoms with van der Waals surface area (Å²) < 4.78 is 55.3. The third kappa shape index (κ3) is 4.87. The molecule has 2 rings (SSSR count). The van der Waals surface area contributed by atoms with Crippen LogP contribution in [-0.2, 0) is 26.5 Å². The van der Waals surface area contributed by atoms with E-state index in [1.807, 2.05) is 0 Å². The van der Waals surface area contributed by atoms with Crippen molar-refractivity contribution in [1.82, 2.24) is 14.9 Å². The van der Waals surface area contributed by atoms with Crippen molar-refractivity contribution in [1.29, 1.82) is 0 Å². The molecule has 1 saturated heterocycles. The Balaban J connectivity index is 1.98. The van der Waals surface area contributed by atoms with Crippen LogP contribution in [0.15, 0.2) is 11.4 Å². The van der Waals surface area contributed by atoms with Gasteiger partial charge in [-0.15, -0.1) is 0 Å². The molecule has 1 amide bonds. The van der Waals surface area contributed by atoms with Crippen molar-refractivity contribution >= 4 is 22.5 Å². The van der Waals surface area contributed by atoms with Gasteiger partial charge < -0.3 is 15.0 Å². The molecular weight excluding hydrogens is 349 g/mol. The predicted octanol–water partition coefficient (Wildman–Crippen LogP) is 0.894. The highest BCUT2D eigenvalue weighted by Gasteiger charge is 2.35. The van der Waals surface area contributed by atoms with Gasteiger partial charge in [-0.1, -0.05) is 0 Å². The number of hydrogen-bond acceptors (Lipinski definition) is 6. The van der Waals surface area contributed by atoms with Crippen molar-refractivity contribution in [2.75, 3.05) is 44.4 Å². The monoisotopic (exact) mass is 366 g/mol. The summed E-state index contributed by atoms with van der Waals surface area (Å²) in [4.78, 5) is 20.3. The van der Waals surface area contributed by atoms with Crippen molar-refractivity contribution in [2.24, 2.45) is 0 Å². The Labute approximate surface area is 139 Å². The molecule has 7 nitrogen and oxygen atoms in total. The summed E-state index contributed by atoms with van der Waals surface area (Å²) in [5.41, 5.74) is -1.01. The third-order valence-electron chi connectivity index (χ3n) is 3.31. The highest BCUT2D eigenvalue weighted by molar-refractivity contribution is 7.84. The third-order valence-corrected chi connectivity index (χ3v) is 4.02. The van der Waals surface area contributed by atoms with Crippen LogP contribution in [0.3, 0.4) is 0 Å². The molecule has 1 fully saturated rings. The predicted molar refractivity (Wildman–Crippen MR) is 79.9 cm³/mol. The first-order chi connectivity index (χ1) is 11.3. The van der Waals surface area contributed by atoms with Crippen molar-refractivity contribution in [3.8, 4) is 0 Å². The topological polar surface area (TPSA) is 84.4 Å². The van der Waals surface area contributed by atoms with Crippen LogP contribution in [0.25, 0.3) is 0 Å². The molecule has 1 aromatic rings. The summed E-state index contributed by atoms with van der Waals surface area (Å²) in [6.45, 7) is 1.55. The molecule has 0 aliphatic carbocycles. The van der Waals surface area contributed by atoms with Crippen LogP contribution in [0.5, 0.6) is 0 Å². The van der Waals surface area contributed by atoms with E-state index in [0.717, 1.165) is 0 Å². The summed E-state index contributed by atoms with van der Waals surface area (Å²) >= 11 is 0. The Bertz CT molecular complexity index is 627. The van der Waals surface area contributed by atoms with Crippen LogP contribution in [0.2, 0.25) is 0 Å². The van der Waals surface area contributed by atoms with E-state index in [2.05, 4.69) is 15.3 Å². The number of anilines is 1. The van der Waals surface area contributed by atoms with E-state index in [-0.39, 0.29) is 24.2 Å². The molecule has 11 heteroatoms. The number of morpholine rings is 1. The lowest BCUT2D eigenvalue weighted by atomic mass is 10.3. The van der Waals surface area contributed by atoms with E-state index in [1.54, 1.807) is 4.90 Å². The van der Waals surface area contributed by atoms with Gasteiger partial charge in [0.1, 0.15) is 18.0 Å². The highest BCUT2D eigenvalue weighted by Crippen LogP contribution is 2.33. The number of nitrogens with zero attached hydrogens (tertiary/aromatic N) is 3. The molecule has 2 heterocycles. The van der Waals surface area contributed by atoms with Gasteiger partial charge in [0.25, 0.3) is 0 Å². The fourth-order valence-electron chi connectivity index (χ4n) is 2.11. The molecule has 1 N–H and O–H groups in total. The maximum Gasteiger partial charge on any atom is 0.421 e. The normalized spacial score (nSPS) is 17.0. The van der Waals surface area contributed by atoms with Crippen LogP contribution >= 0.6 is 0 Å². The molecular formula is C13H17F3N4O3S. The van der Waals surface area contributed by atoms with Gasteiger partial charge >= 0.3 is 6.18 Å². The SMILES string of the molecule is CS(=O)c1ncc(C(F)(F)F)c(NCCCN2CCOCC2=O)n1. The second kappa shape index (κ2) is 7.88. The molecule has 0 saturated carbocycles. The summed E-state index contributed by atoms with van der Waals surface area (Å²) in [7, 11) is -1.59. The number of ether oxygens (including phenoxy) is 1. The number of nitrogens with one attached hydrogen (secondary N) is 1. The largest absolute Gasteiger partial charge is 0.421 e. The van der Waals surface area contributed by atoms with Gasteiger partial charge in [0.15, 0.2) is 0 Å². The van der Waals surface area contributed by atoms with Gasteiger partial charge in [-0.25, -0.2) is 9.97 Å². The van der Waals surface area contributed by atoms with Crippen LogP contribution in [0.4, 0.5) is 19.0 Å². The van der Waals surface area contributed by atoms with Crippen LogP contribution in [0.1, 0.15) is 12.0 Å². The molecule has 24 heavy (non-hydrogen) atoms. The number of aromatic nitrogens is 2. The molecule has 0 aromatic carbocycles. The van der Waals surface area contributed by atoms with Gasteiger partial charge in [0.2, 0.25) is 11.1 Å². The van der Waals surface area contributed by atoms with Crippen LogP contribution in [-0.4, -0.2) is 64.1 Å². The summed E-state index contributed by atoms with van der Waals surface area (Å²) in [6, 6.07) is 0. The minimum atomic E-state index is -4.61. The fraction of sp³-hybridized carbons (Fsp3) is 0.615. The van der Waals surface area contributed by atoms with Gasteiger partial charge in [0.05, 0.1) is 17.4 Å². The summed E-state index contributed by atoms with van der Waals surface area (Å²) in [5, 5.41) is 2.42. The lowest BCUT2D eigenvalue weighted by molar-refractivity contribution is -0.142. The quantitative estimate of drug-likeness (QED) is 0.595. The average molecular weight is 366 g/mol. The molecule has 134 valence electrons. The van der Waals surface area contributed by atoms with Gasteiger partial charge in [-0.3, -0.25) is 9.00 Å². The molecule has 1 unspecified atom stereocenters. The van der Waals surface area contributed by atoms with Crippen molar-refractivity contribution in [3.05, 3.63) is 11.8 Å². The first kappa shape index (κ1) is 18.6. The number of halogens is 3. The van der Waals surface area contributed by atoms with E-state index in [4.69, 9.17) is 4.74 Å². The maximum absolute atomic E-state index is 13.0. The van der Waals surface area contributed by atoms with E-state index in [1.165, 1.54) is 6.26 Å². The smallest absolute Gasteiger partial charge is 0.370 e. The van der Waals surface area contributed by atoms with Crippen LogP contribution in [0, 0.1) is 0 Å². The minimum absolute atomic E-state index is 0.0310. The molecule has 1 aromatic heterocycles. The Hall–Kier alpha value is -1.75. The summed E-state index contributed by atoms with van der Waals surface area (Å²) in [5.74, 6) is -0.543. The number of carbonyl (C=O) groups is 1. The van der Waals surface area contributed by atoms with E-state index in [9.17, 15) is 22.2 Å². The Morgan fingerprint density at radius 3 is 2.83 bits per heavy atom. The van der Waals surface area contributed by atoms with Crippen molar-refractivity contribution in [3.63, 3.8) is 0 Å². The molecule has 1 aliphatic rings. The van der Waals surface area contributed by atoms with E-state index >= 15 is 0 Å². The molecule has 1 aliphatic heterocycles. The zero-order valence-electron chi connectivity index (χ0n) is 12.9. The Morgan fingerprint density at radius 2 is 2.21 bits per heavy atom. The second-order valence-electron chi connectivity index (χ2n) is 5.08. The minimum Gasteiger partial charge on any atom is -0.370 e. The number of amides is 1. The standard InChI is InChI=1S/C13H17F3N4O3S/c1-24(22)12-18-7-9(13(14,15)16)11(19-12)17-3-2-4-20-5-6-23-8-10(20)21/h7H,2-6,8H2,1H3,(H,17,18,19). The lowest BCUT2D eigenvalue weighted by Crippen LogP contribution is -2.42. The maximum atomic E-state index is 13.0. The molecule has 0 bridgehead atoms. The zero-order valence-corrected chi connectivity index (χ0v) is 13.7. The fourth-order valence-corrected chi connectivity index (χ4v) is 2.53. The van der Waals surface area contributed by atoms with Gasteiger partial charge in [0, 0.05) is 32.1 Å². The molecule has 1 atom stereocenters. The average Bonchev–Trinajstić information content (AvgIpc) is 2.52. The van der Waals surface area contributed by atoms with E-state index < -0.39 is 28.4 Å².